The number of rotatable bonds is 6. The number of esters is 1. The van der Waals surface area contributed by atoms with E-state index in [-0.39, 0.29) is 15.7 Å². The molecule has 4 nitrogen and oxygen atoms in total. The third-order valence-electron chi connectivity index (χ3n) is 3.14. The van der Waals surface area contributed by atoms with Crippen molar-refractivity contribution in [2.24, 2.45) is 0 Å². The van der Waals surface area contributed by atoms with Crippen LogP contribution in [0.2, 0.25) is 15.1 Å². The molecule has 0 aliphatic carbocycles. The lowest BCUT2D eigenvalue weighted by Gasteiger charge is -2.09. The summed E-state index contributed by atoms with van der Waals surface area (Å²) in [6.07, 6.45) is 4.85. The smallest absolute Gasteiger partial charge is 0.331 e. The van der Waals surface area contributed by atoms with Gasteiger partial charge in [-0.2, -0.15) is 0 Å². The second kappa shape index (κ2) is 9.88. The lowest BCUT2D eigenvalue weighted by Crippen LogP contribution is -2.20. The Kier molecular flexibility index (Phi) is 7.85. The van der Waals surface area contributed by atoms with Crippen LogP contribution < -0.4 is 5.32 Å². The van der Waals surface area contributed by atoms with Gasteiger partial charge in [0.1, 0.15) is 0 Å². The molecule has 8 heteroatoms. The Balaban J connectivity index is 1.86. The number of nitrogens with one attached hydrogen (secondary N) is 1. The highest BCUT2D eigenvalue weighted by molar-refractivity contribution is 7.98. The van der Waals surface area contributed by atoms with Crippen molar-refractivity contribution in [3.63, 3.8) is 0 Å². The standard InChI is InChI=1S/C18H14Cl3NO3S/c1-26-13-5-2-11(3-6-13)4-7-17(24)25-10-16(23)22-18-14(20)8-12(19)9-15(18)21/h2-9H,10H2,1H3,(H,22,23)/b7-4+. The average molecular weight is 431 g/mol. The SMILES string of the molecule is CSc1ccc(/C=C/C(=O)OCC(=O)Nc2c(Cl)cc(Cl)cc2Cl)cc1. The van der Waals surface area contributed by atoms with Crippen LogP contribution in [0.3, 0.4) is 0 Å². The first-order valence-electron chi connectivity index (χ1n) is 7.32. The molecule has 1 amide bonds. The zero-order valence-electron chi connectivity index (χ0n) is 13.6. The molecule has 0 spiro atoms. The number of halogens is 3. The molecule has 0 saturated heterocycles. The van der Waals surface area contributed by atoms with Crippen molar-refractivity contribution in [3.8, 4) is 0 Å². The van der Waals surface area contributed by atoms with Gasteiger partial charge in [0.05, 0.1) is 15.7 Å². The number of anilines is 1. The third kappa shape index (κ3) is 6.25. The number of amides is 1. The van der Waals surface area contributed by atoms with Gasteiger partial charge in [-0.3, -0.25) is 4.79 Å². The lowest BCUT2D eigenvalue weighted by atomic mass is 10.2. The number of carbonyl (C=O) groups excluding carboxylic acids is 2. The summed E-state index contributed by atoms with van der Waals surface area (Å²) in [6.45, 7) is -0.468. The van der Waals surface area contributed by atoms with Crippen molar-refractivity contribution in [2.75, 3.05) is 18.2 Å². The van der Waals surface area contributed by atoms with Gasteiger partial charge in [0.2, 0.25) is 0 Å². The summed E-state index contributed by atoms with van der Waals surface area (Å²) in [4.78, 5) is 24.7. The fraction of sp³-hybridized carbons (Fsp3) is 0.111. The van der Waals surface area contributed by atoms with Crippen LogP contribution in [0.15, 0.2) is 47.4 Å². The molecule has 0 radical (unpaired) electrons. The predicted molar refractivity (Wildman–Crippen MR) is 108 cm³/mol. The monoisotopic (exact) mass is 429 g/mol. The van der Waals surface area contributed by atoms with Crippen molar-refractivity contribution < 1.29 is 14.3 Å². The first kappa shape index (κ1) is 20.6. The largest absolute Gasteiger partial charge is 0.452 e. The topological polar surface area (TPSA) is 55.4 Å². The molecule has 0 bridgehead atoms. The lowest BCUT2D eigenvalue weighted by molar-refractivity contribution is -0.142. The second-order valence-corrected chi connectivity index (χ2v) is 7.14. The van der Waals surface area contributed by atoms with Crippen LogP contribution in [-0.2, 0) is 14.3 Å². The van der Waals surface area contributed by atoms with E-state index in [1.807, 2.05) is 30.5 Å². The Labute approximate surface area is 170 Å². The highest BCUT2D eigenvalue weighted by Crippen LogP contribution is 2.33. The van der Waals surface area contributed by atoms with Gasteiger partial charge in [-0.15, -0.1) is 11.8 Å². The second-order valence-electron chi connectivity index (χ2n) is 5.01. The van der Waals surface area contributed by atoms with Crippen molar-refractivity contribution in [2.45, 2.75) is 4.90 Å². The van der Waals surface area contributed by atoms with Gasteiger partial charge in [0, 0.05) is 16.0 Å². The number of hydrogen-bond acceptors (Lipinski definition) is 4. The number of carbonyl (C=O) groups is 2. The minimum atomic E-state index is -0.637. The van der Waals surface area contributed by atoms with Crippen molar-refractivity contribution in [1.82, 2.24) is 0 Å². The Morgan fingerprint density at radius 2 is 1.73 bits per heavy atom. The molecule has 0 atom stereocenters. The number of thioether (sulfide) groups is 1. The summed E-state index contributed by atoms with van der Waals surface area (Å²) in [6, 6.07) is 10.6. The van der Waals surface area contributed by atoms with Crippen LogP contribution in [-0.4, -0.2) is 24.7 Å². The predicted octanol–water partition coefficient (Wildman–Crippen LogP) is 5.56. The molecule has 0 saturated carbocycles. The summed E-state index contributed by atoms with van der Waals surface area (Å²) in [5.74, 6) is -1.20. The maximum atomic E-state index is 11.9. The highest BCUT2D eigenvalue weighted by Gasteiger charge is 2.12. The molecule has 0 unspecified atom stereocenters. The average Bonchev–Trinajstić information content (AvgIpc) is 2.61. The number of benzene rings is 2. The van der Waals surface area contributed by atoms with Crippen LogP contribution in [0, 0.1) is 0 Å². The van der Waals surface area contributed by atoms with Gasteiger partial charge in [0.15, 0.2) is 6.61 Å². The Hall–Kier alpha value is -1.66. The van der Waals surface area contributed by atoms with Gasteiger partial charge in [-0.25, -0.2) is 4.79 Å². The van der Waals surface area contributed by atoms with Crippen LogP contribution in [0.1, 0.15) is 5.56 Å². The number of ether oxygens (including phenoxy) is 1. The first-order chi connectivity index (χ1) is 12.4. The van der Waals surface area contributed by atoms with E-state index in [9.17, 15) is 9.59 Å². The third-order valence-corrected chi connectivity index (χ3v) is 4.70. The quantitative estimate of drug-likeness (QED) is 0.370. The summed E-state index contributed by atoms with van der Waals surface area (Å²) in [7, 11) is 0. The molecule has 0 aliphatic rings. The Morgan fingerprint density at radius 3 is 2.31 bits per heavy atom. The van der Waals surface area contributed by atoms with Gasteiger partial charge in [0.25, 0.3) is 5.91 Å². The minimum Gasteiger partial charge on any atom is -0.452 e. The highest BCUT2D eigenvalue weighted by atomic mass is 35.5. The van der Waals surface area contributed by atoms with Gasteiger partial charge in [-0.1, -0.05) is 46.9 Å². The van der Waals surface area contributed by atoms with E-state index in [0.29, 0.717) is 5.02 Å². The summed E-state index contributed by atoms with van der Waals surface area (Å²) in [5, 5.41) is 3.21. The molecular formula is C18H14Cl3NO3S. The van der Waals surface area contributed by atoms with Gasteiger partial charge < -0.3 is 10.1 Å². The van der Waals surface area contributed by atoms with E-state index in [1.54, 1.807) is 17.8 Å². The van der Waals surface area contributed by atoms with E-state index >= 15 is 0 Å². The molecule has 2 aromatic carbocycles. The molecule has 0 aliphatic heterocycles. The molecule has 0 heterocycles. The van der Waals surface area contributed by atoms with E-state index < -0.39 is 18.5 Å². The maximum Gasteiger partial charge on any atom is 0.331 e. The Bertz CT molecular complexity index is 815. The molecule has 1 N–H and O–H groups in total. The normalized spacial score (nSPS) is 10.8. The van der Waals surface area contributed by atoms with Crippen molar-refractivity contribution in [1.29, 1.82) is 0 Å². The van der Waals surface area contributed by atoms with Gasteiger partial charge in [-0.05, 0) is 42.2 Å². The molecular weight excluding hydrogens is 417 g/mol. The zero-order valence-corrected chi connectivity index (χ0v) is 16.7. The minimum absolute atomic E-state index is 0.191. The van der Waals surface area contributed by atoms with Crippen LogP contribution in [0.25, 0.3) is 6.08 Å². The molecule has 2 rings (SSSR count). The van der Waals surface area contributed by atoms with Crippen LogP contribution in [0.5, 0.6) is 0 Å². The molecule has 0 aromatic heterocycles. The summed E-state index contributed by atoms with van der Waals surface area (Å²) < 4.78 is 4.89. The summed E-state index contributed by atoms with van der Waals surface area (Å²) in [5.41, 5.74) is 1.06. The fourth-order valence-corrected chi connectivity index (χ4v) is 3.22. The van der Waals surface area contributed by atoms with E-state index in [1.165, 1.54) is 18.2 Å². The maximum absolute atomic E-state index is 11.9. The van der Waals surface area contributed by atoms with E-state index in [2.05, 4.69) is 5.32 Å². The fourth-order valence-electron chi connectivity index (χ4n) is 1.90. The zero-order chi connectivity index (χ0) is 19.1. The summed E-state index contributed by atoms with van der Waals surface area (Å²) >= 11 is 19.4. The van der Waals surface area contributed by atoms with Crippen molar-refractivity contribution >= 4 is 70.2 Å². The number of hydrogen-bond donors (Lipinski definition) is 1. The van der Waals surface area contributed by atoms with Crippen LogP contribution >= 0.6 is 46.6 Å². The molecule has 26 heavy (non-hydrogen) atoms. The van der Waals surface area contributed by atoms with E-state index in [4.69, 9.17) is 39.5 Å². The molecule has 0 fully saturated rings. The van der Waals surface area contributed by atoms with Crippen molar-refractivity contribution in [3.05, 3.63) is 63.1 Å². The van der Waals surface area contributed by atoms with Gasteiger partial charge >= 0.3 is 5.97 Å². The molecule has 2 aromatic rings. The Morgan fingerprint density at radius 1 is 1.12 bits per heavy atom. The van der Waals surface area contributed by atoms with Crippen LogP contribution in [0.4, 0.5) is 5.69 Å². The molecule has 136 valence electrons. The first-order valence-corrected chi connectivity index (χ1v) is 9.68. The van der Waals surface area contributed by atoms with E-state index in [0.717, 1.165) is 10.5 Å².